The van der Waals surface area contributed by atoms with Crippen LogP contribution in [-0.2, 0) is 6.42 Å². The Labute approximate surface area is 107 Å². The van der Waals surface area contributed by atoms with E-state index in [-0.39, 0.29) is 5.91 Å². The number of aromatic amines is 1. The molecule has 18 heavy (non-hydrogen) atoms. The van der Waals surface area contributed by atoms with E-state index in [9.17, 15) is 4.79 Å². The number of nitrogens with one attached hydrogen (secondary N) is 1. The first-order chi connectivity index (χ1) is 8.68. The Kier molecular flexibility index (Phi) is 2.62. The fraction of sp³-hybridized carbons (Fsp3) is 0.400. The van der Waals surface area contributed by atoms with E-state index in [0.29, 0.717) is 0 Å². The highest BCUT2D eigenvalue weighted by Gasteiger charge is 2.22. The predicted molar refractivity (Wildman–Crippen MR) is 72.9 cm³/mol. The second-order valence-corrected chi connectivity index (χ2v) is 5.16. The number of para-hydroxylation sites is 1. The van der Waals surface area contributed by atoms with Crippen molar-refractivity contribution in [2.45, 2.75) is 26.2 Å². The molecule has 1 aromatic heterocycles. The number of benzene rings is 1. The molecule has 0 bridgehead atoms. The van der Waals surface area contributed by atoms with Crippen LogP contribution in [0.15, 0.2) is 18.2 Å². The van der Waals surface area contributed by atoms with Gasteiger partial charge in [0.25, 0.3) is 5.91 Å². The van der Waals surface area contributed by atoms with Crippen molar-refractivity contribution in [2.75, 3.05) is 13.6 Å². The quantitative estimate of drug-likeness (QED) is 0.757. The van der Waals surface area contributed by atoms with Crippen LogP contribution < -0.4 is 0 Å². The third-order valence-electron chi connectivity index (χ3n) is 3.88. The van der Waals surface area contributed by atoms with Gasteiger partial charge in [-0.05, 0) is 37.3 Å². The number of amides is 1. The molecule has 0 saturated carbocycles. The molecule has 94 valence electrons. The summed E-state index contributed by atoms with van der Waals surface area (Å²) in [6.45, 7) is 2.94. The zero-order valence-electron chi connectivity index (χ0n) is 10.9. The number of carbonyl (C=O) groups excluding carboxylic acids is 1. The molecule has 1 N–H and O–H groups in total. The highest BCUT2D eigenvalue weighted by molar-refractivity contribution is 6.01. The zero-order valence-corrected chi connectivity index (χ0v) is 10.9. The molecule has 0 unspecified atom stereocenters. The lowest BCUT2D eigenvalue weighted by molar-refractivity contribution is 0.0783. The smallest absolute Gasteiger partial charge is 0.270 e. The molecule has 1 amide bonds. The van der Waals surface area contributed by atoms with Crippen LogP contribution in [0.3, 0.4) is 0 Å². The van der Waals surface area contributed by atoms with E-state index in [1.54, 1.807) is 0 Å². The minimum Gasteiger partial charge on any atom is -0.350 e. The van der Waals surface area contributed by atoms with Gasteiger partial charge in [-0.2, -0.15) is 0 Å². The number of carbonyl (C=O) groups is 1. The van der Waals surface area contributed by atoms with Crippen molar-refractivity contribution in [3.05, 3.63) is 35.0 Å². The van der Waals surface area contributed by atoms with Gasteiger partial charge in [-0.3, -0.25) is 4.79 Å². The second kappa shape index (κ2) is 4.16. The molecule has 2 aromatic rings. The van der Waals surface area contributed by atoms with Crippen LogP contribution in [0.25, 0.3) is 10.9 Å². The Bertz CT molecular complexity index is 612. The third-order valence-corrected chi connectivity index (χ3v) is 3.88. The first kappa shape index (κ1) is 11.3. The van der Waals surface area contributed by atoms with Gasteiger partial charge in [-0.15, -0.1) is 0 Å². The predicted octanol–water partition coefficient (Wildman–Crippen LogP) is 2.88. The van der Waals surface area contributed by atoms with E-state index >= 15 is 0 Å². The summed E-state index contributed by atoms with van der Waals surface area (Å²) < 4.78 is 0. The van der Waals surface area contributed by atoms with Gasteiger partial charge in [0.15, 0.2) is 0 Å². The second-order valence-electron chi connectivity index (χ2n) is 5.16. The molecular formula is C15H18N2O. The van der Waals surface area contributed by atoms with E-state index in [4.69, 9.17) is 0 Å². The van der Waals surface area contributed by atoms with Crippen molar-refractivity contribution in [1.82, 2.24) is 9.88 Å². The molecule has 3 rings (SSSR count). The van der Waals surface area contributed by atoms with Gasteiger partial charge in [-0.1, -0.05) is 18.2 Å². The normalized spacial score (nSPS) is 16.6. The Morgan fingerprint density at radius 2 is 2.11 bits per heavy atom. The number of H-pyrrole nitrogens is 1. The van der Waals surface area contributed by atoms with E-state index in [0.717, 1.165) is 37.0 Å². The van der Waals surface area contributed by atoms with Gasteiger partial charge in [-0.25, -0.2) is 0 Å². The summed E-state index contributed by atoms with van der Waals surface area (Å²) in [5, 5.41) is 1.22. The number of aryl methyl sites for hydroxylation is 2. The highest BCUT2D eigenvalue weighted by atomic mass is 16.2. The molecule has 0 spiro atoms. The number of rotatable bonds is 0. The molecular weight excluding hydrogens is 224 g/mol. The van der Waals surface area contributed by atoms with Gasteiger partial charge in [0.1, 0.15) is 5.69 Å². The fourth-order valence-corrected chi connectivity index (χ4v) is 2.81. The minimum atomic E-state index is 0.125. The average Bonchev–Trinajstić information content (AvgIpc) is 2.72. The van der Waals surface area contributed by atoms with Crippen molar-refractivity contribution in [1.29, 1.82) is 0 Å². The molecule has 1 aliphatic rings. The largest absolute Gasteiger partial charge is 0.350 e. The summed E-state index contributed by atoms with van der Waals surface area (Å²) >= 11 is 0. The maximum absolute atomic E-state index is 12.4. The summed E-state index contributed by atoms with van der Waals surface area (Å²) in [6, 6.07) is 6.27. The SMILES string of the molecule is Cc1cccc2c3c([nH]c12)C(=O)N(C)CCCC3. The number of fused-ring (bicyclic) bond motifs is 3. The zero-order chi connectivity index (χ0) is 12.7. The lowest BCUT2D eigenvalue weighted by Crippen LogP contribution is -2.30. The van der Waals surface area contributed by atoms with Gasteiger partial charge in [0.2, 0.25) is 0 Å². The molecule has 1 aromatic carbocycles. The molecule has 0 atom stereocenters. The Morgan fingerprint density at radius 1 is 1.28 bits per heavy atom. The fourth-order valence-electron chi connectivity index (χ4n) is 2.81. The van der Waals surface area contributed by atoms with Crippen LogP contribution in [-0.4, -0.2) is 29.4 Å². The van der Waals surface area contributed by atoms with E-state index < -0.39 is 0 Å². The Morgan fingerprint density at radius 3 is 2.94 bits per heavy atom. The third kappa shape index (κ3) is 1.62. The lowest BCUT2D eigenvalue weighted by atomic mass is 10.0. The van der Waals surface area contributed by atoms with Crippen molar-refractivity contribution in [3.8, 4) is 0 Å². The van der Waals surface area contributed by atoms with Gasteiger partial charge in [0, 0.05) is 24.5 Å². The van der Waals surface area contributed by atoms with Crippen molar-refractivity contribution >= 4 is 16.8 Å². The van der Waals surface area contributed by atoms with Crippen LogP contribution in [0.2, 0.25) is 0 Å². The molecule has 0 radical (unpaired) electrons. The maximum Gasteiger partial charge on any atom is 0.270 e. The van der Waals surface area contributed by atoms with Crippen LogP contribution in [0.4, 0.5) is 0 Å². The standard InChI is InChI=1S/C15H18N2O/c1-10-6-5-8-11-12-7-3-4-9-17(2)15(18)14(12)16-13(10)11/h5-6,8,16H,3-4,7,9H2,1-2H3. The summed E-state index contributed by atoms with van der Waals surface area (Å²) in [7, 11) is 1.88. The van der Waals surface area contributed by atoms with Gasteiger partial charge >= 0.3 is 0 Å². The molecule has 2 heterocycles. The Balaban J connectivity index is 2.26. The van der Waals surface area contributed by atoms with Gasteiger partial charge in [0.05, 0.1) is 0 Å². The number of hydrogen-bond acceptors (Lipinski definition) is 1. The molecule has 1 aliphatic heterocycles. The van der Waals surface area contributed by atoms with Crippen molar-refractivity contribution in [3.63, 3.8) is 0 Å². The average molecular weight is 242 g/mol. The van der Waals surface area contributed by atoms with Crippen LogP contribution >= 0.6 is 0 Å². The monoisotopic (exact) mass is 242 g/mol. The highest BCUT2D eigenvalue weighted by Crippen LogP contribution is 2.28. The summed E-state index contributed by atoms with van der Waals surface area (Å²) in [4.78, 5) is 17.5. The van der Waals surface area contributed by atoms with Crippen LogP contribution in [0.1, 0.15) is 34.5 Å². The Hall–Kier alpha value is -1.77. The molecule has 3 heteroatoms. The minimum absolute atomic E-state index is 0.125. The van der Waals surface area contributed by atoms with E-state index in [1.807, 2.05) is 11.9 Å². The lowest BCUT2D eigenvalue weighted by Gasteiger charge is -2.20. The number of nitrogens with zero attached hydrogens (tertiary/aromatic N) is 1. The molecule has 3 nitrogen and oxygen atoms in total. The van der Waals surface area contributed by atoms with Crippen LogP contribution in [0, 0.1) is 6.92 Å². The van der Waals surface area contributed by atoms with E-state index in [1.165, 1.54) is 16.5 Å². The van der Waals surface area contributed by atoms with E-state index in [2.05, 4.69) is 30.1 Å². The first-order valence-electron chi connectivity index (χ1n) is 6.54. The van der Waals surface area contributed by atoms with Crippen LogP contribution in [0.5, 0.6) is 0 Å². The molecule has 0 saturated heterocycles. The first-order valence-corrected chi connectivity index (χ1v) is 6.54. The molecule has 0 aliphatic carbocycles. The summed E-state index contributed by atoms with van der Waals surface area (Å²) in [5.74, 6) is 0.125. The number of aromatic nitrogens is 1. The maximum atomic E-state index is 12.4. The number of hydrogen-bond donors (Lipinski definition) is 1. The van der Waals surface area contributed by atoms with Gasteiger partial charge < -0.3 is 9.88 Å². The molecule has 0 fully saturated rings. The summed E-state index contributed by atoms with van der Waals surface area (Å²) in [6.07, 6.45) is 3.23. The topological polar surface area (TPSA) is 36.1 Å². The van der Waals surface area contributed by atoms with Crippen molar-refractivity contribution in [2.24, 2.45) is 0 Å². The summed E-state index contributed by atoms with van der Waals surface area (Å²) in [5.41, 5.74) is 4.31. The van der Waals surface area contributed by atoms with Crippen molar-refractivity contribution < 1.29 is 4.79 Å².